The second-order valence-corrected chi connectivity index (χ2v) is 6.71. The summed E-state index contributed by atoms with van der Waals surface area (Å²) in [5.74, 6) is 0.772. The van der Waals surface area contributed by atoms with E-state index in [1.165, 1.54) is 18.4 Å². The molecule has 2 saturated carbocycles. The SMILES string of the molecule is C=C1CCC[C@]2(C)CC[C@@H]([C@](C)(O)CO)C[C@@H]12. The highest BCUT2D eigenvalue weighted by Gasteiger charge is 2.46. The van der Waals surface area contributed by atoms with Crippen LogP contribution in [0, 0.1) is 17.3 Å². The van der Waals surface area contributed by atoms with Gasteiger partial charge >= 0.3 is 0 Å². The first-order valence-electron chi connectivity index (χ1n) is 6.90. The van der Waals surface area contributed by atoms with Gasteiger partial charge in [-0.3, -0.25) is 0 Å². The number of hydrogen-bond donors (Lipinski definition) is 2. The minimum Gasteiger partial charge on any atom is -0.393 e. The van der Waals surface area contributed by atoms with Crippen LogP contribution in [0.3, 0.4) is 0 Å². The third kappa shape index (κ3) is 2.30. The molecule has 0 bridgehead atoms. The predicted molar refractivity (Wildman–Crippen MR) is 69.6 cm³/mol. The molecule has 2 nitrogen and oxygen atoms in total. The lowest BCUT2D eigenvalue weighted by Gasteiger charge is -2.51. The maximum atomic E-state index is 10.2. The van der Waals surface area contributed by atoms with Gasteiger partial charge in [0.2, 0.25) is 0 Å². The van der Waals surface area contributed by atoms with Crippen molar-refractivity contribution in [2.45, 2.75) is 58.0 Å². The van der Waals surface area contributed by atoms with Crippen molar-refractivity contribution in [3.63, 3.8) is 0 Å². The Morgan fingerprint density at radius 1 is 1.47 bits per heavy atom. The molecular weight excluding hydrogens is 212 g/mol. The third-order valence-corrected chi connectivity index (χ3v) is 5.36. The molecule has 17 heavy (non-hydrogen) atoms. The maximum absolute atomic E-state index is 10.2. The van der Waals surface area contributed by atoms with E-state index < -0.39 is 5.60 Å². The first-order chi connectivity index (χ1) is 7.89. The van der Waals surface area contributed by atoms with E-state index >= 15 is 0 Å². The van der Waals surface area contributed by atoms with E-state index in [-0.39, 0.29) is 12.5 Å². The van der Waals surface area contributed by atoms with Crippen LogP contribution < -0.4 is 0 Å². The number of allylic oxidation sites excluding steroid dienone is 1. The molecule has 2 rings (SSSR count). The standard InChI is InChI=1S/C15H26O2/c1-11-5-4-7-14(2)8-6-12(9-13(11)14)15(3,17)10-16/h12-13,16-17H,1,4-10H2,2-3H3/t12-,13+,14-,15-/m1/s1. The summed E-state index contributed by atoms with van der Waals surface area (Å²) in [6.07, 6.45) is 6.92. The largest absolute Gasteiger partial charge is 0.393 e. The number of aliphatic hydroxyl groups is 2. The van der Waals surface area contributed by atoms with Gasteiger partial charge in [0.05, 0.1) is 12.2 Å². The van der Waals surface area contributed by atoms with Crippen LogP contribution in [-0.4, -0.2) is 22.4 Å². The molecule has 0 spiro atoms. The van der Waals surface area contributed by atoms with E-state index in [2.05, 4.69) is 13.5 Å². The highest BCUT2D eigenvalue weighted by molar-refractivity contribution is 5.13. The molecule has 0 amide bonds. The third-order valence-electron chi connectivity index (χ3n) is 5.36. The van der Waals surface area contributed by atoms with E-state index in [4.69, 9.17) is 0 Å². The zero-order valence-corrected chi connectivity index (χ0v) is 11.2. The Kier molecular flexibility index (Phi) is 3.39. The van der Waals surface area contributed by atoms with E-state index in [0.29, 0.717) is 11.3 Å². The summed E-state index contributed by atoms with van der Waals surface area (Å²) in [6.45, 7) is 8.26. The number of fused-ring (bicyclic) bond motifs is 1. The summed E-state index contributed by atoms with van der Waals surface area (Å²) in [6, 6.07) is 0. The Hall–Kier alpha value is -0.340. The number of rotatable bonds is 2. The van der Waals surface area contributed by atoms with Crippen LogP contribution in [0.1, 0.15) is 52.4 Å². The molecule has 0 unspecified atom stereocenters. The summed E-state index contributed by atoms with van der Waals surface area (Å²) in [5.41, 5.74) is 0.855. The highest BCUT2D eigenvalue weighted by atomic mass is 16.3. The van der Waals surface area contributed by atoms with E-state index in [1.54, 1.807) is 6.92 Å². The number of aliphatic hydroxyl groups excluding tert-OH is 1. The van der Waals surface area contributed by atoms with Crippen LogP contribution in [-0.2, 0) is 0 Å². The average molecular weight is 238 g/mol. The van der Waals surface area contributed by atoms with Crippen LogP contribution in [0.4, 0.5) is 0 Å². The number of hydrogen-bond acceptors (Lipinski definition) is 2. The molecule has 2 aliphatic carbocycles. The Labute approximate surface area is 105 Å². The minimum atomic E-state index is -0.918. The molecule has 2 heteroatoms. The molecule has 2 N–H and O–H groups in total. The van der Waals surface area contributed by atoms with Gasteiger partial charge in [0, 0.05) is 0 Å². The van der Waals surface area contributed by atoms with Crippen LogP contribution in [0.2, 0.25) is 0 Å². The van der Waals surface area contributed by atoms with Crippen molar-refractivity contribution < 1.29 is 10.2 Å². The van der Waals surface area contributed by atoms with Crippen molar-refractivity contribution in [3.8, 4) is 0 Å². The maximum Gasteiger partial charge on any atom is 0.0877 e. The Morgan fingerprint density at radius 3 is 2.82 bits per heavy atom. The quantitative estimate of drug-likeness (QED) is 0.726. The van der Waals surface area contributed by atoms with Gasteiger partial charge in [-0.2, -0.15) is 0 Å². The molecular formula is C15H26O2. The van der Waals surface area contributed by atoms with Gasteiger partial charge < -0.3 is 10.2 Å². The summed E-state index contributed by atoms with van der Waals surface area (Å²) in [4.78, 5) is 0. The Morgan fingerprint density at radius 2 is 2.18 bits per heavy atom. The fraction of sp³-hybridized carbons (Fsp3) is 0.867. The first kappa shape index (κ1) is 13.1. The summed E-state index contributed by atoms with van der Waals surface area (Å²) >= 11 is 0. The van der Waals surface area contributed by atoms with Gasteiger partial charge in [-0.1, -0.05) is 19.1 Å². The molecule has 4 atom stereocenters. The summed E-state index contributed by atoms with van der Waals surface area (Å²) in [5, 5.41) is 19.5. The van der Waals surface area contributed by atoms with E-state index in [1.807, 2.05) is 0 Å². The van der Waals surface area contributed by atoms with Gasteiger partial charge in [-0.15, -0.1) is 0 Å². The molecule has 2 fully saturated rings. The van der Waals surface area contributed by atoms with Gasteiger partial charge in [0.25, 0.3) is 0 Å². The zero-order chi connectivity index (χ0) is 12.7. The predicted octanol–water partition coefficient (Wildman–Crippen LogP) is 2.89. The smallest absolute Gasteiger partial charge is 0.0877 e. The second kappa shape index (κ2) is 4.40. The summed E-state index contributed by atoms with van der Waals surface area (Å²) < 4.78 is 0. The van der Waals surface area contributed by atoms with Crippen molar-refractivity contribution in [2.24, 2.45) is 17.3 Å². The van der Waals surface area contributed by atoms with Gasteiger partial charge in [-0.25, -0.2) is 0 Å². The average Bonchev–Trinajstić information content (AvgIpc) is 2.28. The molecule has 0 radical (unpaired) electrons. The molecule has 2 aliphatic rings. The van der Waals surface area contributed by atoms with Gasteiger partial charge in [0.15, 0.2) is 0 Å². The normalized spacial score (nSPS) is 41.8. The van der Waals surface area contributed by atoms with Crippen LogP contribution in [0.5, 0.6) is 0 Å². The molecule has 0 heterocycles. The fourth-order valence-electron chi connectivity index (χ4n) is 3.91. The van der Waals surface area contributed by atoms with Crippen molar-refractivity contribution in [2.75, 3.05) is 6.61 Å². The lowest BCUT2D eigenvalue weighted by molar-refractivity contribution is -0.0821. The lowest BCUT2D eigenvalue weighted by Crippen LogP contribution is -2.46. The van der Waals surface area contributed by atoms with Crippen molar-refractivity contribution in [3.05, 3.63) is 12.2 Å². The molecule has 0 aliphatic heterocycles. The van der Waals surface area contributed by atoms with Gasteiger partial charge in [-0.05, 0) is 62.7 Å². The Balaban J connectivity index is 2.14. The molecule has 0 aromatic heterocycles. The van der Waals surface area contributed by atoms with Crippen molar-refractivity contribution >= 4 is 0 Å². The van der Waals surface area contributed by atoms with Gasteiger partial charge in [0.1, 0.15) is 0 Å². The topological polar surface area (TPSA) is 40.5 Å². The lowest BCUT2D eigenvalue weighted by atomic mass is 9.55. The summed E-state index contributed by atoms with van der Waals surface area (Å²) in [7, 11) is 0. The molecule has 0 saturated heterocycles. The molecule has 98 valence electrons. The molecule has 0 aromatic carbocycles. The first-order valence-corrected chi connectivity index (χ1v) is 6.90. The second-order valence-electron chi connectivity index (χ2n) is 6.71. The van der Waals surface area contributed by atoms with E-state index in [9.17, 15) is 10.2 Å². The van der Waals surface area contributed by atoms with Crippen LogP contribution in [0.15, 0.2) is 12.2 Å². The molecule has 0 aromatic rings. The zero-order valence-electron chi connectivity index (χ0n) is 11.2. The van der Waals surface area contributed by atoms with E-state index in [0.717, 1.165) is 25.7 Å². The minimum absolute atomic E-state index is 0.131. The fourth-order valence-corrected chi connectivity index (χ4v) is 3.91. The highest BCUT2D eigenvalue weighted by Crippen LogP contribution is 2.54. The monoisotopic (exact) mass is 238 g/mol. The van der Waals surface area contributed by atoms with Crippen molar-refractivity contribution in [1.82, 2.24) is 0 Å². The Bertz CT molecular complexity index is 308. The van der Waals surface area contributed by atoms with Crippen molar-refractivity contribution in [1.29, 1.82) is 0 Å². The van der Waals surface area contributed by atoms with Crippen LogP contribution in [0.25, 0.3) is 0 Å². The van der Waals surface area contributed by atoms with Crippen LogP contribution >= 0.6 is 0 Å².